The summed E-state index contributed by atoms with van der Waals surface area (Å²) in [5, 5.41) is 5.33. The summed E-state index contributed by atoms with van der Waals surface area (Å²) in [7, 11) is 0. The number of hydrogen-bond acceptors (Lipinski definition) is 2. The maximum Gasteiger partial charge on any atom is 0.224 e. The molecule has 0 spiro atoms. The first-order chi connectivity index (χ1) is 7.67. The van der Waals surface area contributed by atoms with Gasteiger partial charge in [0, 0.05) is 6.42 Å². The van der Waals surface area contributed by atoms with Crippen molar-refractivity contribution in [2.75, 3.05) is 10.6 Å². The topological polar surface area (TPSA) is 58.2 Å². The first-order valence-electron chi connectivity index (χ1n) is 5.28. The molecule has 1 rings (SSSR count). The van der Waals surface area contributed by atoms with Gasteiger partial charge in [0.1, 0.15) is 0 Å². The number of carbonyl (C=O) groups is 2. The Morgan fingerprint density at radius 1 is 1.38 bits per heavy atom. The smallest absolute Gasteiger partial charge is 0.224 e. The molecule has 0 heterocycles. The highest BCUT2D eigenvalue weighted by atomic mass is 16.1. The molecule has 0 atom stereocenters. The second kappa shape index (κ2) is 5.90. The molecule has 1 aromatic rings. The average molecular weight is 220 g/mol. The van der Waals surface area contributed by atoms with Crippen molar-refractivity contribution in [3.8, 4) is 0 Å². The monoisotopic (exact) mass is 220 g/mol. The zero-order valence-corrected chi connectivity index (χ0v) is 9.54. The number of amides is 2. The second-order valence-electron chi connectivity index (χ2n) is 3.61. The van der Waals surface area contributed by atoms with Crippen LogP contribution in [0.3, 0.4) is 0 Å². The predicted octanol–water partition coefficient (Wildman–Crippen LogP) is 2.30. The molecule has 86 valence electrons. The zero-order valence-electron chi connectivity index (χ0n) is 9.54. The summed E-state index contributed by atoms with van der Waals surface area (Å²) < 4.78 is 0. The second-order valence-corrected chi connectivity index (χ2v) is 3.61. The Bertz CT molecular complexity index is 389. The standard InChI is InChI=1S/C12H16N2O2/c1-3-4-12(16)14-10-6-5-9(2)7-11(10)13-8-15/h5-8H,3-4H2,1-2H3,(H,13,15)(H,14,16). The minimum Gasteiger partial charge on any atom is -0.327 e. The summed E-state index contributed by atoms with van der Waals surface area (Å²) >= 11 is 0. The lowest BCUT2D eigenvalue weighted by Crippen LogP contribution is -2.12. The van der Waals surface area contributed by atoms with E-state index in [1.54, 1.807) is 6.07 Å². The van der Waals surface area contributed by atoms with E-state index in [2.05, 4.69) is 10.6 Å². The number of hydrogen-bond donors (Lipinski definition) is 2. The summed E-state index contributed by atoms with van der Waals surface area (Å²) in [6.45, 7) is 3.87. The third kappa shape index (κ3) is 3.38. The van der Waals surface area contributed by atoms with Crippen LogP contribution < -0.4 is 10.6 Å². The van der Waals surface area contributed by atoms with Crippen LogP contribution in [0.4, 0.5) is 11.4 Å². The molecule has 16 heavy (non-hydrogen) atoms. The molecule has 0 saturated heterocycles. The summed E-state index contributed by atoms with van der Waals surface area (Å²) in [6, 6.07) is 5.49. The number of benzene rings is 1. The van der Waals surface area contributed by atoms with E-state index in [4.69, 9.17) is 0 Å². The molecule has 0 radical (unpaired) electrons. The molecule has 2 amide bonds. The Hall–Kier alpha value is -1.84. The highest BCUT2D eigenvalue weighted by Gasteiger charge is 2.05. The van der Waals surface area contributed by atoms with E-state index in [9.17, 15) is 9.59 Å². The third-order valence-electron chi connectivity index (χ3n) is 2.14. The quantitative estimate of drug-likeness (QED) is 0.748. The van der Waals surface area contributed by atoms with Gasteiger partial charge in [-0.05, 0) is 31.0 Å². The van der Waals surface area contributed by atoms with E-state index >= 15 is 0 Å². The van der Waals surface area contributed by atoms with Gasteiger partial charge in [0.2, 0.25) is 12.3 Å². The number of rotatable bonds is 5. The average Bonchev–Trinajstić information content (AvgIpc) is 2.23. The lowest BCUT2D eigenvalue weighted by Gasteiger charge is -2.10. The van der Waals surface area contributed by atoms with Crippen molar-refractivity contribution in [2.45, 2.75) is 26.7 Å². The van der Waals surface area contributed by atoms with Crippen molar-refractivity contribution in [1.82, 2.24) is 0 Å². The Labute approximate surface area is 95.0 Å². The van der Waals surface area contributed by atoms with Gasteiger partial charge in [0.15, 0.2) is 0 Å². The van der Waals surface area contributed by atoms with Gasteiger partial charge >= 0.3 is 0 Å². The molecule has 2 N–H and O–H groups in total. The van der Waals surface area contributed by atoms with Crippen LogP contribution in [-0.4, -0.2) is 12.3 Å². The number of anilines is 2. The minimum absolute atomic E-state index is 0.0414. The highest BCUT2D eigenvalue weighted by Crippen LogP contribution is 2.22. The van der Waals surface area contributed by atoms with Crippen molar-refractivity contribution in [3.05, 3.63) is 23.8 Å². The van der Waals surface area contributed by atoms with E-state index in [1.165, 1.54) is 0 Å². The van der Waals surface area contributed by atoms with Crippen LogP contribution in [0.2, 0.25) is 0 Å². The molecule has 0 aliphatic rings. The van der Waals surface area contributed by atoms with Gasteiger partial charge in [0.05, 0.1) is 11.4 Å². The van der Waals surface area contributed by atoms with Crippen LogP contribution in [0, 0.1) is 6.92 Å². The Kier molecular flexibility index (Phi) is 4.51. The summed E-state index contributed by atoms with van der Waals surface area (Å²) in [6.07, 6.45) is 1.88. The van der Waals surface area contributed by atoms with Crippen LogP contribution >= 0.6 is 0 Å². The van der Waals surface area contributed by atoms with E-state index in [1.807, 2.05) is 26.0 Å². The fourth-order valence-corrected chi connectivity index (χ4v) is 1.39. The van der Waals surface area contributed by atoms with Crippen molar-refractivity contribution in [3.63, 3.8) is 0 Å². The SMILES string of the molecule is CCCC(=O)Nc1ccc(C)cc1NC=O. The molecular formula is C12H16N2O2. The summed E-state index contributed by atoms with van der Waals surface area (Å²) in [5.74, 6) is -0.0414. The van der Waals surface area contributed by atoms with Crippen molar-refractivity contribution in [1.29, 1.82) is 0 Å². The van der Waals surface area contributed by atoms with Crippen LogP contribution in [0.5, 0.6) is 0 Å². The molecule has 0 fully saturated rings. The van der Waals surface area contributed by atoms with Gasteiger partial charge in [-0.25, -0.2) is 0 Å². The van der Waals surface area contributed by atoms with Gasteiger partial charge in [-0.3, -0.25) is 9.59 Å². The minimum atomic E-state index is -0.0414. The van der Waals surface area contributed by atoms with Crippen LogP contribution in [-0.2, 0) is 9.59 Å². The van der Waals surface area contributed by atoms with Gasteiger partial charge in [-0.15, -0.1) is 0 Å². The molecule has 4 nitrogen and oxygen atoms in total. The van der Waals surface area contributed by atoms with E-state index < -0.39 is 0 Å². The van der Waals surface area contributed by atoms with Crippen LogP contribution in [0.25, 0.3) is 0 Å². The third-order valence-corrected chi connectivity index (χ3v) is 2.14. The van der Waals surface area contributed by atoms with Crippen molar-refractivity contribution in [2.24, 2.45) is 0 Å². The Balaban J connectivity index is 2.85. The highest BCUT2D eigenvalue weighted by molar-refractivity contribution is 5.95. The van der Waals surface area contributed by atoms with Crippen LogP contribution in [0.1, 0.15) is 25.3 Å². The van der Waals surface area contributed by atoms with E-state index in [-0.39, 0.29) is 5.91 Å². The fourth-order valence-electron chi connectivity index (χ4n) is 1.39. The summed E-state index contributed by atoms with van der Waals surface area (Å²) in [4.78, 5) is 21.9. The first-order valence-corrected chi connectivity index (χ1v) is 5.28. The number of nitrogens with one attached hydrogen (secondary N) is 2. The molecule has 0 aliphatic carbocycles. The summed E-state index contributed by atoms with van der Waals surface area (Å²) in [5.41, 5.74) is 2.29. The number of aryl methyl sites for hydroxylation is 1. The Morgan fingerprint density at radius 3 is 2.75 bits per heavy atom. The molecule has 4 heteroatoms. The predicted molar refractivity (Wildman–Crippen MR) is 64.4 cm³/mol. The zero-order chi connectivity index (χ0) is 12.0. The van der Waals surface area contributed by atoms with Crippen molar-refractivity contribution < 1.29 is 9.59 Å². The van der Waals surface area contributed by atoms with Gasteiger partial charge in [-0.1, -0.05) is 13.0 Å². The fraction of sp³-hybridized carbons (Fsp3) is 0.333. The first kappa shape index (κ1) is 12.2. The van der Waals surface area contributed by atoms with E-state index in [0.29, 0.717) is 24.2 Å². The molecule has 0 bridgehead atoms. The molecule has 0 saturated carbocycles. The van der Waals surface area contributed by atoms with Gasteiger partial charge in [0.25, 0.3) is 0 Å². The Morgan fingerprint density at radius 2 is 2.12 bits per heavy atom. The molecular weight excluding hydrogens is 204 g/mol. The molecule has 0 unspecified atom stereocenters. The van der Waals surface area contributed by atoms with Gasteiger partial charge < -0.3 is 10.6 Å². The molecule has 0 aliphatic heterocycles. The normalized spacial score (nSPS) is 9.62. The van der Waals surface area contributed by atoms with Gasteiger partial charge in [-0.2, -0.15) is 0 Å². The maximum absolute atomic E-state index is 11.4. The lowest BCUT2D eigenvalue weighted by atomic mass is 10.2. The molecule has 0 aromatic heterocycles. The maximum atomic E-state index is 11.4. The van der Waals surface area contributed by atoms with Crippen molar-refractivity contribution >= 4 is 23.7 Å². The van der Waals surface area contributed by atoms with E-state index in [0.717, 1.165) is 12.0 Å². The molecule has 1 aromatic carbocycles. The number of carbonyl (C=O) groups excluding carboxylic acids is 2. The lowest BCUT2D eigenvalue weighted by molar-refractivity contribution is -0.116. The largest absolute Gasteiger partial charge is 0.327 e. The van der Waals surface area contributed by atoms with Crippen LogP contribution in [0.15, 0.2) is 18.2 Å².